The van der Waals surface area contributed by atoms with E-state index in [-0.39, 0.29) is 5.91 Å². The Labute approximate surface area is 116 Å². The van der Waals surface area contributed by atoms with Crippen molar-refractivity contribution in [2.45, 2.75) is 45.6 Å². The molecule has 0 radical (unpaired) electrons. The average molecular weight is 314 g/mol. The Morgan fingerprint density at radius 1 is 1.33 bits per heavy atom. The Morgan fingerprint density at radius 3 is 2.78 bits per heavy atom. The van der Waals surface area contributed by atoms with Gasteiger partial charge in [-0.2, -0.15) is 5.10 Å². The zero-order chi connectivity index (χ0) is 13.1. The summed E-state index contributed by atoms with van der Waals surface area (Å²) in [5.74, 6) is 0.277. The first-order valence-electron chi connectivity index (χ1n) is 6.61. The van der Waals surface area contributed by atoms with Crippen molar-refractivity contribution in [2.75, 3.05) is 6.54 Å². The molecule has 1 fully saturated rings. The number of nitrogens with zero attached hydrogens (tertiary/aromatic N) is 3. The van der Waals surface area contributed by atoms with Gasteiger partial charge in [-0.05, 0) is 35.2 Å². The van der Waals surface area contributed by atoms with E-state index in [1.54, 1.807) is 0 Å². The second kappa shape index (κ2) is 5.87. The van der Waals surface area contributed by atoms with Crippen LogP contribution in [0, 0.1) is 0 Å². The van der Waals surface area contributed by atoms with Crippen LogP contribution < -0.4 is 0 Å². The fourth-order valence-electron chi connectivity index (χ4n) is 2.38. The van der Waals surface area contributed by atoms with Crippen LogP contribution in [0.1, 0.15) is 44.0 Å². The summed E-state index contributed by atoms with van der Waals surface area (Å²) in [6.07, 6.45) is 4.90. The van der Waals surface area contributed by atoms with E-state index >= 15 is 0 Å². The summed E-state index contributed by atoms with van der Waals surface area (Å²) in [7, 11) is 1.95. The molecule has 4 nitrogen and oxygen atoms in total. The lowest BCUT2D eigenvalue weighted by atomic mass is 10.2. The van der Waals surface area contributed by atoms with Crippen LogP contribution in [0.4, 0.5) is 0 Å². The van der Waals surface area contributed by atoms with E-state index in [2.05, 4.69) is 28.0 Å². The monoisotopic (exact) mass is 313 g/mol. The van der Waals surface area contributed by atoms with Gasteiger partial charge < -0.3 is 4.90 Å². The summed E-state index contributed by atoms with van der Waals surface area (Å²) in [6, 6.07) is 0. The van der Waals surface area contributed by atoms with Crippen LogP contribution in [0.25, 0.3) is 0 Å². The zero-order valence-corrected chi connectivity index (χ0v) is 12.7. The van der Waals surface area contributed by atoms with Crippen LogP contribution in [0.5, 0.6) is 0 Å². The Morgan fingerprint density at radius 2 is 2.11 bits per heavy atom. The van der Waals surface area contributed by atoms with Crippen LogP contribution in [0.15, 0.2) is 4.47 Å². The molecular weight excluding hydrogens is 294 g/mol. The summed E-state index contributed by atoms with van der Waals surface area (Å²) in [4.78, 5) is 14.0. The maximum absolute atomic E-state index is 12.0. The normalized spacial score (nSPS) is 17.1. The van der Waals surface area contributed by atoms with Gasteiger partial charge in [0.1, 0.15) is 0 Å². The number of carbonyl (C=O) groups excluding carboxylic acids is 1. The molecule has 1 amide bonds. The van der Waals surface area contributed by atoms with Gasteiger partial charge in [0.2, 0.25) is 5.91 Å². The van der Waals surface area contributed by atoms with Crippen LogP contribution in [0.3, 0.4) is 0 Å². The molecule has 1 aromatic heterocycles. The molecule has 1 saturated heterocycles. The maximum Gasteiger partial charge on any atom is 0.222 e. The van der Waals surface area contributed by atoms with E-state index in [9.17, 15) is 4.79 Å². The molecule has 1 aliphatic heterocycles. The van der Waals surface area contributed by atoms with E-state index in [1.165, 1.54) is 0 Å². The predicted molar refractivity (Wildman–Crippen MR) is 74.2 cm³/mol. The van der Waals surface area contributed by atoms with Gasteiger partial charge in [0.15, 0.2) is 0 Å². The average Bonchev–Trinajstić information content (AvgIpc) is 2.52. The molecule has 0 N–H and O–H groups in total. The molecule has 1 aromatic rings. The minimum atomic E-state index is 0.277. The molecule has 18 heavy (non-hydrogen) atoms. The summed E-state index contributed by atoms with van der Waals surface area (Å²) >= 11 is 3.61. The van der Waals surface area contributed by atoms with Crippen molar-refractivity contribution < 1.29 is 4.79 Å². The molecule has 0 unspecified atom stereocenters. The molecule has 1 aliphatic rings. The number of carbonyl (C=O) groups is 1. The van der Waals surface area contributed by atoms with Gasteiger partial charge in [-0.15, -0.1) is 0 Å². The van der Waals surface area contributed by atoms with E-state index < -0.39 is 0 Å². The molecule has 0 aromatic carbocycles. The third-order valence-corrected chi connectivity index (χ3v) is 4.43. The van der Waals surface area contributed by atoms with Crippen LogP contribution in [-0.2, 0) is 24.8 Å². The molecule has 2 heterocycles. The van der Waals surface area contributed by atoms with Crippen molar-refractivity contribution in [2.24, 2.45) is 7.05 Å². The first-order chi connectivity index (χ1) is 8.63. The molecule has 0 saturated carbocycles. The van der Waals surface area contributed by atoms with Crippen molar-refractivity contribution in [3.8, 4) is 0 Å². The number of aryl methyl sites for hydroxylation is 2. The minimum Gasteiger partial charge on any atom is -0.337 e. The Bertz CT molecular complexity index is 442. The smallest absolute Gasteiger partial charge is 0.222 e. The highest BCUT2D eigenvalue weighted by Crippen LogP contribution is 2.24. The standard InChI is InChI=1S/C13H20BrN3O/c1-3-10-13(14)11(16(2)15-10)9-17-8-6-4-5-7-12(17)18/h3-9H2,1-2H3. The topological polar surface area (TPSA) is 38.1 Å². The summed E-state index contributed by atoms with van der Waals surface area (Å²) in [5.41, 5.74) is 2.16. The number of halogens is 1. The first-order valence-corrected chi connectivity index (χ1v) is 7.40. The summed E-state index contributed by atoms with van der Waals surface area (Å²) < 4.78 is 2.95. The molecule has 0 spiro atoms. The highest BCUT2D eigenvalue weighted by atomic mass is 79.9. The number of rotatable bonds is 3. The van der Waals surface area contributed by atoms with E-state index in [0.717, 1.165) is 48.1 Å². The molecule has 0 atom stereocenters. The van der Waals surface area contributed by atoms with Crippen molar-refractivity contribution in [1.29, 1.82) is 0 Å². The quantitative estimate of drug-likeness (QED) is 0.860. The molecule has 0 bridgehead atoms. The van der Waals surface area contributed by atoms with Gasteiger partial charge in [-0.25, -0.2) is 0 Å². The van der Waals surface area contributed by atoms with E-state index in [1.807, 2.05) is 16.6 Å². The lowest BCUT2D eigenvalue weighted by Gasteiger charge is -2.20. The lowest BCUT2D eigenvalue weighted by molar-refractivity contribution is -0.131. The van der Waals surface area contributed by atoms with Crippen molar-refractivity contribution in [1.82, 2.24) is 14.7 Å². The molecule has 2 rings (SSSR count). The van der Waals surface area contributed by atoms with Crippen molar-refractivity contribution in [3.05, 3.63) is 15.9 Å². The van der Waals surface area contributed by atoms with Gasteiger partial charge in [-0.3, -0.25) is 9.48 Å². The van der Waals surface area contributed by atoms with Gasteiger partial charge in [-0.1, -0.05) is 13.3 Å². The number of aromatic nitrogens is 2. The Balaban J connectivity index is 2.17. The second-order valence-corrected chi connectivity index (χ2v) is 5.60. The summed E-state index contributed by atoms with van der Waals surface area (Å²) in [5, 5.41) is 4.47. The van der Waals surface area contributed by atoms with Gasteiger partial charge in [0.25, 0.3) is 0 Å². The third-order valence-electron chi connectivity index (χ3n) is 3.51. The molecule has 5 heteroatoms. The van der Waals surface area contributed by atoms with Crippen molar-refractivity contribution in [3.63, 3.8) is 0 Å². The van der Waals surface area contributed by atoms with Gasteiger partial charge in [0.05, 0.1) is 22.4 Å². The predicted octanol–water partition coefficient (Wildman–Crippen LogP) is 2.65. The molecule has 0 aliphatic carbocycles. The maximum atomic E-state index is 12.0. The van der Waals surface area contributed by atoms with Gasteiger partial charge >= 0.3 is 0 Å². The van der Waals surface area contributed by atoms with Crippen LogP contribution in [-0.4, -0.2) is 27.1 Å². The number of hydrogen-bond donors (Lipinski definition) is 0. The zero-order valence-electron chi connectivity index (χ0n) is 11.1. The number of hydrogen-bond acceptors (Lipinski definition) is 2. The highest BCUT2D eigenvalue weighted by Gasteiger charge is 2.20. The highest BCUT2D eigenvalue weighted by molar-refractivity contribution is 9.10. The fourth-order valence-corrected chi connectivity index (χ4v) is 3.12. The van der Waals surface area contributed by atoms with Gasteiger partial charge in [0, 0.05) is 20.0 Å². The minimum absolute atomic E-state index is 0.277. The van der Waals surface area contributed by atoms with E-state index in [0.29, 0.717) is 13.0 Å². The SMILES string of the molecule is CCc1nn(C)c(CN2CCCCCC2=O)c1Br. The van der Waals surface area contributed by atoms with E-state index in [4.69, 9.17) is 0 Å². The first kappa shape index (κ1) is 13.6. The molecule has 100 valence electrons. The van der Waals surface area contributed by atoms with Crippen molar-refractivity contribution >= 4 is 21.8 Å². The Kier molecular flexibility index (Phi) is 4.43. The fraction of sp³-hybridized carbons (Fsp3) is 0.692. The lowest BCUT2D eigenvalue weighted by Crippen LogP contribution is -2.30. The van der Waals surface area contributed by atoms with Crippen LogP contribution in [0.2, 0.25) is 0 Å². The second-order valence-electron chi connectivity index (χ2n) is 4.81. The molecular formula is C13H20BrN3O. The largest absolute Gasteiger partial charge is 0.337 e. The van der Waals surface area contributed by atoms with Crippen LogP contribution >= 0.6 is 15.9 Å². The summed E-state index contributed by atoms with van der Waals surface area (Å²) in [6.45, 7) is 3.63. The third kappa shape index (κ3) is 2.76. The number of amides is 1. The Hall–Kier alpha value is -0.840. The number of likely N-dealkylation sites (tertiary alicyclic amines) is 1.